The summed E-state index contributed by atoms with van der Waals surface area (Å²) in [5, 5.41) is 2.58. The molecular formula is C18H19N3O3S. The fraction of sp³-hybridized carbons (Fsp3) is 0.167. The Labute approximate surface area is 150 Å². The summed E-state index contributed by atoms with van der Waals surface area (Å²) in [7, 11) is 0. The predicted octanol–water partition coefficient (Wildman–Crippen LogP) is 2.11. The highest BCUT2D eigenvalue weighted by Crippen LogP contribution is 2.33. The van der Waals surface area contributed by atoms with Gasteiger partial charge in [-0.2, -0.15) is 0 Å². The summed E-state index contributed by atoms with van der Waals surface area (Å²) in [6, 6.07) is 16.8. The third-order valence-electron chi connectivity index (χ3n) is 3.28. The minimum Gasteiger partial charge on any atom is -0.329 e. The highest BCUT2D eigenvalue weighted by atomic mass is 32.2. The van der Waals surface area contributed by atoms with Crippen molar-refractivity contribution in [1.82, 2.24) is 4.90 Å². The van der Waals surface area contributed by atoms with Crippen LogP contribution in [0.2, 0.25) is 0 Å². The lowest BCUT2D eigenvalue weighted by molar-refractivity contribution is -0.149. The molecule has 0 spiro atoms. The molecule has 2 aromatic rings. The first-order valence-corrected chi connectivity index (χ1v) is 8.50. The van der Waals surface area contributed by atoms with Crippen LogP contribution in [0.3, 0.4) is 0 Å². The van der Waals surface area contributed by atoms with Crippen LogP contribution in [0.5, 0.6) is 0 Å². The molecular weight excluding hydrogens is 338 g/mol. The Balaban J connectivity index is 2.15. The normalized spacial score (nSPS) is 10.2. The van der Waals surface area contributed by atoms with E-state index >= 15 is 0 Å². The van der Waals surface area contributed by atoms with Crippen LogP contribution in [0.15, 0.2) is 64.4 Å². The molecule has 0 saturated carbocycles. The first kappa shape index (κ1) is 18.7. The number of para-hydroxylation sites is 1. The summed E-state index contributed by atoms with van der Waals surface area (Å²) in [5.41, 5.74) is 5.89. The van der Waals surface area contributed by atoms with Crippen LogP contribution in [0.1, 0.15) is 6.92 Å². The van der Waals surface area contributed by atoms with Crippen LogP contribution in [0.4, 0.5) is 5.69 Å². The topological polar surface area (TPSA) is 92.5 Å². The van der Waals surface area contributed by atoms with Crippen molar-refractivity contribution in [2.45, 2.75) is 16.7 Å². The van der Waals surface area contributed by atoms with Crippen molar-refractivity contribution in [3.05, 3.63) is 54.6 Å². The summed E-state index contributed by atoms with van der Waals surface area (Å²) in [4.78, 5) is 38.6. The molecule has 2 aromatic carbocycles. The van der Waals surface area contributed by atoms with Crippen molar-refractivity contribution in [3.63, 3.8) is 0 Å². The number of hydrogen-bond acceptors (Lipinski definition) is 5. The molecule has 0 atom stereocenters. The molecule has 7 heteroatoms. The third kappa shape index (κ3) is 5.17. The highest BCUT2D eigenvalue weighted by molar-refractivity contribution is 7.99. The van der Waals surface area contributed by atoms with E-state index < -0.39 is 17.7 Å². The molecule has 3 amide bonds. The Hall–Kier alpha value is -2.64. The molecule has 25 heavy (non-hydrogen) atoms. The average Bonchev–Trinajstić information content (AvgIpc) is 2.61. The second-order valence-corrected chi connectivity index (χ2v) is 6.25. The zero-order valence-corrected chi connectivity index (χ0v) is 14.6. The molecule has 0 bridgehead atoms. The number of imide groups is 1. The van der Waals surface area contributed by atoms with Crippen LogP contribution < -0.4 is 11.1 Å². The van der Waals surface area contributed by atoms with E-state index in [1.54, 1.807) is 12.1 Å². The average molecular weight is 357 g/mol. The summed E-state index contributed by atoms with van der Waals surface area (Å²) < 4.78 is 0. The summed E-state index contributed by atoms with van der Waals surface area (Å²) in [5.74, 6) is -2.31. The van der Waals surface area contributed by atoms with Gasteiger partial charge in [-0.25, -0.2) is 0 Å². The van der Waals surface area contributed by atoms with E-state index in [9.17, 15) is 14.4 Å². The monoisotopic (exact) mass is 357 g/mol. The smallest absolute Gasteiger partial charge is 0.318 e. The molecule has 0 radical (unpaired) electrons. The van der Waals surface area contributed by atoms with Crippen molar-refractivity contribution in [2.75, 3.05) is 18.4 Å². The van der Waals surface area contributed by atoms with E-state index in [0.29, 0.717) is 5.69 Å². The third-order valence-corrected chi connectivity index (χ3v) is 4.36. The van der Waals surface area contributed by atoms with Gasteiger partial charge in [-0.15, -0.1) is 0 Å². The summed E-state index contributed by atoms with van der Waals surface area (Å²) in [6.07, 6.45) is 0. The fourth-order valence-corrected chi connectivity index (χ4v) is 3.03. The first-order valence-electron chi connectivity index (χ1n) is 7.68. The van der Waals surface area contributed by atoms with E-state index in [2.05, 4.69) is 5.32 Å². The Bertz CT molecular complexity index is 765. The van der Waals surface area contributed by atoms with E-state index in [4.69, 9.17) is 5.73 Å². The van der Waals surface area contributed by atoms with E-state index in [1.807, 2.05) is 42.5 Å². The largest absolute Gasteiger partial charge is 0.329 e. The molecule has 0 aliphatic heterocycles. The van der Waals surface area contributed by atoms with Gasteiger partial charge < -0.3 is 11.1 Å². The SMILES string of the molecule is CC(=O)N(CCN)C(=O)C(=O)Nc1ccccc1Sc1ccccc1. The van der Waals surface area contributed by atoms with Gasteiger partial charge in [0, 0.05) is 29.8 Å². The van der Waals surface area contributed by atoms with Gasteiger partial charge in [0.05, 0.1) is 5.69 Å². The lowest BCUT2D eigenvalue weighted by atomic mass is 10.3. The van der Waals surface area contributed by atoms with E-state index in [-0.39, 0.29) is 13.1 Å². The standard InChI is InChI=1S/C18H19N3O3S/c1-13(22)21(12-11-19)18(24)17(23)20-15-9-5-6-10-16(15)25-14-7-3-2-4-8-14/h2-10H,11-12,19H2,1H3,(H,20,23). The first-order chi connectivity index (χ1) is 12.0. The van der Waals surface area contributed by atoms with Crippen LogP contribution in [-0.2, 0) is 14.4 Å². The van der Waals surface area contributed by atoms with Crippen LogP contribution in [-0.4, -0.2) is 35.7 Å². The van der Waals surface area contributed by atoms with Crippen LogP contribution >= 0.6 is 11.8 Å². The summed E-state index contributed by atoms with van der Waals surface area (Å²) >= 11 is 1.47. The Morgan fingerprint density at radius 2 is 1.68 bits per heavy atom. The number of nitrogens with one attached hydrogen (secondary N) is 1. The van der Waals surface area contributed by atoms with Gasteiger partial charge >= 0.3 is 11.8 Å². The number of nitrogens with zero attached hydrogens (tertiary/aromatic N) is 1. The van der Waals surface area contributed by atoms with Crippen molar-refractivity contribution in [3.8, 4) is 0 Å². The Morgan fingerprint density at radius 3 is 2.32 bits per heavy atom. The molecule has 6 nitrogen and oxygen atoms in total. The number of benzene rings is 2. The maximum absolute atomic E-state index is 12.2. The van der Waals surface area contributed by atoms with Crippen molar-refractivity contribution >= 4 is 35.2 Å². The van der Waals surface area contributed by atoms with Gasteiger partial charge in [-0.05, 0) is 24.3 Å². The highest BCUT2D eigenvalue weighted by Gasteiger charge is 2.25. The van der Waals surface area contributed by atoms with Gasteiger partial charge in [0.1, 0.15) is 0 Å². The van der Waals surface area contributed by atoms with E-state index in [1.165, 1.54) is 18.7 Å². The second kappa shape index (κ2) is 9.00. The maximum Gasteiger partial charge on any atom is 0.318 e. The maximum atomic E-state index is 12.2. The number of hydrogen-bond donors (Lipinski definition) is 2. The van der Waals surface area contributed by atoms with Gasteiger partial charge in [0.2, 0.25) is 5.91 Å². The quantitative estimate of drug-likeness (QED) is 0.800. The zero-order chi connectivity index (χ0) is 18.2. The number of carbonyl (C=O) groups is 3. The molecule has 130 valence electrons. The van der Waals surface area contributed by atoms with Gasteiger partial charge in [0.25, 0.3) is 0 Å². The molecule has 0 fully saturated rings. The molecule has 2 rings (SSSR count). The Morgan fingerprint density at radius 1 is 1.04 bits per heavy atom. The lowest BCUT2D eigenvalue weighted by Gasteiger charge is -2.18. The number of nitrogens with two attached hydrogens (primary N) is 1. The van der Waals surface area contributed by atoms with Gasteiger partial charge in [0.15, 0.2) is 0 Å². The van der Waals surface area contributed by atoms with Gasteiger partial charge in [-0.1, -0.05) is 42.1 Å². The van der Waals surface area contributed by atoms with Crippen LogP contribution in [0.25, 0.3) is 0 Å². The second-order valence-electron chi connectivity index (χ2n) is 5.13. The van der Waals surface area contributed by atoms with Crippen LogP contribution in [0, 0.1) is 0 Å². The molecule has 0 aromatic heterocycles. The van der Waals surface area contributed by atoms with Crippen molar-refractivity contribution in [1.29, 1.82) is 0 Å². The lowest BCUT2D eigenvalue weighted by Crippen LogP contribution is -2.44. The number of amides is 3. The zero-order valence-electron chi connectivity index (χ0n) is 13.8. The molecule has 3 N–H and O–H groups in total. The Kier molecular flexibility index (Phi) is 6.73. The molecule has 0 aliphatic rings. The van der Waals surface area contributed by atoms with E-state index in [0.717, 1.165) is 14.7 Å². The number of rotatable bonds is 5. The minimum atomic E-state index is -0.919. The summed E-state index contributed by atoms with van der Waals surface area (Å²) in [6.45, 7) is 1.32. The minimum absolute atomic E-state index is 0.00198. The van der Waals surface area contributed by atoms with Crippen molar-refractivity contribution in [2.24, 2.45) is 5.73 Å². The molecule has 0 unspecified atom stereocenters. The van der Waals surface area contributed by atoms with Crippen molar-refractivity contribution < 1.29 is 14.4 Å². The van der Waals surface area contributed by atoms with Gasteiger partial charge in [-0.3, -0.25) is 19.3 Å². The predicted molar refractivity (Wildman–Crippen MR) is 97.1 cm³/mol. The molecule has 0 saturated heterocycles. The fourth-order valence-electron chi connectivity index (χ4n) is 2.10. The molecule has 0 aliphatic carbocycles. The number of anilines is 1. The molecule has 0 heterocycles. The number of carbonyl (C=O) groups excluding carboxylic acids is 3.